The van der Waals surface area contributed by atoms with E-state index in [2.05, 4.69) is 25.5 Å². The molecule has 2 aromatic heterocycles. The molecule has 3 aromatic rings. The lowest BCUT2D eigenvalue weighted by atomic mass is 9.88. The van der Waals surface area contributed by atoms with E-state index in [0.717, 1.165) is 31.6 Å². The standard InChI is InChI=1S/C26H33N7O3/c1-31-14-9-24(30-31)36-26(25(35)32(2)19-7-12-27-13-8-19)10-15-33(16-11-26)20-17-22(29-28-18-20)21-5-3-4-6-23(21)34/h3-6,9,14,17-19,27,34H,7-8,10-13,15-16H2,1-2H3. The van der Waals surface area contributed by atoms with Crippen molar-refractivity contribution in [3.8, 4) is 22.9 Å². The van der Waals surface area contributed by atoms with Gasteiger partial charge in [0.1, 0.15) is 5.75 Å². The molecule has 5 rings (SSSR count). The smallest absolute Gasteiger partial charge is 0.266 e. The monoisotopic (exact) mass is 491 g/mol. The van der Waals surface area contributed by atoms with E-state index in [1.807, 2.05) is 43.4 Å². The Hall–Kier alpha value is -3.66. The number of para-hydroxylation sites is 1. The van der Waals surface area contributed by atoms with Crippen LogP contribution in [0, 0.1) is 0 Å². The van der Waals surface area contributed by atoms with Gasteiger partial charge in [0, 0.05) is 63.9 Å². The van der Waals surface area contributed by atoms with Gasteiger partial charge in [-0.25, -0.2) is 0 Å². The first-order valence-corrected chi connectivity index (χ1v) is 12.5. The zero-order valence-corrected chi connectivity index (χ0v) is 20.8. The minimum atomic E-state index is -0.981. The summed E-state index contributed by atoms with van der Waals surface area (Å²) in [5, 5.41) is 26.4. The van der Waals surface area contributed by atoms with E-state index in [1.165, 1.54) is 0 Å². The Balaban J connectivity index is 1.37. The number of nitrogens with zero attached hydrogens (tertiary/aromatic N) is 6. The van der Waals surface area contributed by atoms with Gasteiger partial charge in [-0.2, -0.15) is 10.2 Å². The Morgan fingerprint density at radius 3 is 2.64 bits per heavy atom. The molecule has 2 saturated heterocycles. The van der Waals surface area contributed by atoms with Crippen molar-refractivity contribution in [3.63, 3.8) is 0 Å². The predicted octanol–water partition coefficient (Wildman–Crippen LogP) is 2.21. The number of hydrogen-bond acceptors (Lipinski definition) is 8. The van der Waals surface area contributed by atoms with Crippen molar-refractivity contribution in [2.75, 3.05) is 38.1 Å². The van der Waals surface area contributed by atoms with E-state index in [4.69, 9.17) is 4.74 Å². The maximum absolute atomic E-state index is 13.9. The number of phenols is 1. The number of amides is 1. The lowest BCUT2D eigenvalue weighted by molar-refractivity contribution is -0.152. The van der Waals surface area contributed by atoms with E-state index in [9.17, 15) is 9.90 Å². The van der Waals surface area contributed by atoms with Crippen LogP contribution < -0.4 is 15.0 Å². The number of phenolic OH excluding ortho intramolecular Hbond substituents is 1. The minimum absolute atomic E-state index is 0.0162. The molecule has 10 heteroatoms. The normalized spacial score (nSPS) is 18.1. The highest BCUT2D eigenvalue weighted by Gasteiger charge is 2.47. The van der Waals surface area contributed by atoms with Gasteiger partial charge in [0.25, 0.3) is 5.91 Å². The number of hydrogen-bond donors (Lipinski definition) is 2. The molecule has 190 valence electrons. The van der Waals surface area contributed by atoms with Crippen LogP contribution in [0.1, 0.15) is 25.7 Å². The van der Waals surface area contributed by atoms with Crippen molar-refractivity contribution in [3.05, 3.63) is 48.8 Å². The highest BCUT2D eigenvalue weighted by Crippen LogP contribution is 2.34. The van der Waals surface area contributed by atoms with Crippen LogP contribution in [0.15, 0.2) is 48.8 Å². The number of aromatic nitrogens is 4. The molecule has 2 aliphatic rings. The second-order valence-corrected chi connectivity index (χ2v) is 9.62. The number of rotatable bonds is 6. The highest BCUT2D eigenvalue weighted by molar-refractivity contribution is 5.86. The van der Waals surface area contributed by atoms with Crippen LogP contribution in [0.2, 0.25) is 0 Å². The largest absolute Gasteiger partial charge is 0.507 e. The summed E-state index contributed by atoms with van der Waals surface area (Å²) in [4.78, 5) is 18.0. The molecule has 4 heterocycles. The molecular weight excluding hydrogens is 458 g/mol. The van der Waals surface area contributed by atoms with Crippen LogP contribution >= 0.6 is 0 Å². The molecule has 0 aliphatic carbocycles. The Morgan fingerprint density at radius 1 is 1.19 bits per heavy atom. The molecule has 0 radical (unpaired) electrons. The van der Waals surface area contributed by atoms with Gasteiger partial charge in [0.15, 0.2) is 5.60 Å². The molecule has 2 N–H and O–H groups in total. The molecule has 36 heavy (non-hydrogen) atoms. The van der Waals surface area contributed by atoms with Gasteiger partial charge in [0.05, 0.1) is 17.6 Å². The molecule has 0 atom stereocenters. The fraction of sp³-hybridized carbons (Fsp3) is 0.462. The molecule has 0 saturated carbocycles. The maximum atomic E-state index is 13.9. The summed E-state index contributed by atoms with van der Waals surface area (Å²) in [6.45, 7) is 3.06. The van der Waals surface area contributed by atoms with Crippen LogP contribution in [-0.4, -0.2) is 80.8 Å². The number of piperidine rings is 2. The van der Waals surface area contributed by atoms with Crippen molar-refractivity contribution >= 4 is 11.6 Å². The molecule has 1 aromatic carbocycles. The summed E-state index contributed by atoms with van der Waals surface area (Å²) in [6.07, 6.45) is 6.46. The number of likely N-dealkylation sites (N-methyl/N-ethyl adjacent to an activating group) is 1. The summed E-state index contributed by atoms with van der Waals surface area (Å²) in [5.41, 5.74) is 1.16. The molecule has 1 amide bonds. The molecule has 0 unspecified atom stereocenters. The van der Waals surface area contributed by atoms with E-state index in [-0.39, 0.29) is 17.7 Å². The fourth-order valence-corrected chi connectivity index (χ4v) is 5.17. The van der Waals surface area contributed by atoms with Gasteiger partial charge in [-0.1, -0.05) is 12.1 Å². The number of benzene rings is 1. The summed E-state index contributed by atoms with van der Waals surface area (Å²) in [6, 6.07) is 11.0. The van der Waals surface area contributed by atoms with E-state index in [0.29, 0.717) is 43.1 Å². The zero-order chi connectivity index (χ0) is 25.1. The zero-order valence-electron chi connectivity index (χ0n) is 20.8. The lowest BCUT2D eigenvalue weighted by Crippen LogP contribution is -2.60. The molecule has 2 aliphatic heterocycles. The van der Waals surface area contributed by atoms with Crippen molar-refractivity contribution in [1.29, 1.82) is 0 Å². The van der Waals surface area contributed by atoms with Gasteiger partial charge >= 0.3 is 0 Å². The predicted molar refractivity (Wildman–Crippen MR) is 136 cm³/mol. The van der Waals surface area contributed by atoms with Crippen molar-refractivity contribution in [1.82, 2.24) is 30.2 Å². The minimum Gasteiger partial charge on any atom is -0.507 e. The average Bonchev–Trinajstić information content (AvgIpc) is 3.33. The summed E-state index contributed by atoms with van der Waals surface area (Å²) in [7, 11) is 3.74. The van der Waals surface area contributed by atoms with Crippen LogP contribution in [0.3, 0.4) is 0 Å². The van der Waals surface area contributed by atoms with Crippen LogP contribution in [0.4, 0.5) is 5.69 Å². The highest BCUT2D eigenvalue weighted by atomic mass is 16.5. The van der Waals surface area contributed by atoms with Gasteiger partial charge in [-0.15, -0.1) is 5.10 Å². The maximum Gasteiger partial charge on any atom is 0.266 e. The third-order valence-electron chi connectivity index (χ3n) is 7.31. The van der Waals surface area contributed by atoms with Gasteiger partial charge in [-0.3, -0.25) is 9.48 Å². The molecular formula is C26H33N7O3. The second kappa shape index (κ2) is 10.1. The van der Waals surface area contributed by atoms with Crippen LogP contribution in [0.25, 0.3) is 11.3 Å². The van der Waals surface area contributed by atoms with Crippen molar-refractivity contribution in [2.45, 2.75) is 37.3 Å². The molecule has 10 nitrogen and oxygen atoms in total. The number of anilines is 1. The Labute approximate surface area is 210 Å². The summed E-state index contributed by atoms with van der Waals surface area (Å²) in [5.74, 6) is 0.643. The van der Waals surface area contributed by atoms with E-state index < -0.39 is 5.60 Å². The first-order valence-electron chi connectivity index (χ1n) is 12.5. The van der Waals surface area contributed by atoms with Crippen molar-refractivity contribution < 1.29 is 14.6 Å². The van der Waals surface area contributed by atoms with E-state index in [1.54, 1.807) is 29.1 Å². The van der Waals surface area contributed by atoms with Crippen LogP contribution in [-0.2, 0) is 11.8 Å². The third-order valence-corrected chi connectivity index (χ3v) is 7.31. The first kappa shape index (κ1) is 24.1. The fourth-order valence-electron chi connectivity index (χ4n) is 5.17. The number of carbonyl (C=O) groups is 1. The topological polar surface area (TPSA) is 109 Å². The number of nitrogens with one attached hydrogen (secondary N) is 1. The Kier molecular flexibility index (Phi) is 6.77. The van der Waals surface area contributed by atoms with Crippen molar-refractivity contribution in [2.24, 2.45) is 7.05 Å². The molecule has 2 fully saturated rings. The Bertz CT molecular complexity index is 1200. The Morgan fingerprint density at radius 2 is 1.94 bits per heavy atom. The number of carbonyl (C=O) groups excluding carboxylic acids is 1. The van der Waals surface area contributed by atoms with Gasteiger partial charge in [0.2, 0.25) is 5.88 Å². The second-order valence-electron chi connectivity index (χ2n) is 9.62. The van der Waals surface area contributed by atoms with Crippen LogP contribution in [0.5, 0.6) is 11.6 Å². The third kappa shape index (κ3) is 4.86. The lowest BCUT2D eigenvalue weighted by Gasteiger charge is -2.44. The van der Waals surface area contributed by atoms with Gasteiger partial charge in [-0.05, 0) is 44.1 Å². The average molecular weight is 492 g/mol. The number of aromatic hydroxyl groups is 1. The molecule has 0 bridgehead atoms. The number of ether oxygens (including phenoxy) is 1. The number of aryl methyl sites for hydroxylation is 1. The first-order chi connectivity index (χ1) is 17.4. The van der Waals surface area contributed by atoms with E-state index >= 15 is 0 Å². The summed E-state index contributed by atoms with van der Waals surface area (Å²) >= 11 is 0. The summed E-state index contributed by atoms with van der Waals surface area (Å²) < 4.78 is 8.09. The van der Waals surface area contributed by atoms with Gasteiger partial charge < -0.3 is 25.0 Å². The SMILES string of the molecule is CN(C(=O)C1(Oc2ccn(C)n2)CCN(c2cnnc(-c3ccccc3O)c2)CC1)C1CCNCC1. The quantitative estimate of drug-likeness (QED) is 0.540. The molecule has 0 spiro atoms.